The van der Waals surface area contributed by atoms with Crippen LogP contribution < -0.4 is 5.32 Å². The Morgan fingerprint density at radius 2 is 1.83 bits per heavy atom. The number of hydrogen-bond acceptors (Lipinski definition) is 2. The van der Waals surface area contributed by atoms with Crippen LogP contribution in [0, 0.1) is 5.82 Å². The number of carbonyl (C=O) groups is 1. The van der Waals surface area contributed by atoms with E-state index >= 15 is 0 Å². The molecule has 2 heterocycles. The van der Waals surface area contributed by atoms with Crippen LogP contribution in [0.2, 0.25) is 0 Å². The smallest absolute Gasteiger partial charge is 0.272 e. The van der Waals surface area contributed by atoms with Gasteiger partial charge in [-0.05, 0) is 50.2 Å². The van der Waals surface area contributed by atoms with Crippen LogP contribution >= 0.6 is 0 Å². The first kappa shape index (κ1) is 19.2. The maximum absolute atomic E-state index is 13.2. The molecular weight excluding hydrogens is 369 g/mol. The molecule has 0 saturated heterocycles. The third-order valence-corrected chi connectivity index (χ3v) is 5.13. The van der Waals surface area contributed by atoms with Gasteiger partial charge < -0.3 is 19.2 Å². The Kier molecular flexibility index (Phi) is 5.11. The number of benzene rings is 2. The lowest BCUT2D eigenvalue weighted by Gasteiger charge is -2.11. The van der Waals surface area contributed by atoms with Crippen molar-refractivity contribution in [2.24, 2.45) is 0 Å². The molecule has 0 aliphatic heterocycles. The summed E-state index contributed by atoms with van der Waals surface area (Å²) in [6, 6.07) is 16.2. The summed E-state index contributed by atoms with van der Waals surface area (Å²) < 4.78 is 22.7. The number of halogens is 1. The van der Waals surface area contributed by atoms with Crippen LogP contribution in [0.3, 0.4) is 0 Å². The maximum atomic E-state index is 13.2. The van der Waals surface area contributed by atoms with Crippen LogP contribution in [0.4, 0.5) is 10.1 Å². The zero-order chi connectivity index (χ0) is 20.5. The van der Waals surface area contributed by atoms with Gasteiger partial charge in [-0.2, -0.15) is 0 Å². The molecular formula is C23H24FN3O2. The van der Waals surface area contributed by atoms with Gasteiger partial charge in [0.2, 0.25) is 0 Å². The van der Waals surface area contributed by atoms with Gasteiger partial charge in [0, 0.05) is 30.8 Å². The van der Waals surface area contributed by atoms with Crippen molar-refractivity contribution >= 4 is 33.5 Å². The number of aromatic nitrogens is 2. The van der Waals surface area contributed by atoms with Gasteiger partial charge in [0.15, 0.2) is 0 Å². The predicted molar refractivity (Wildman–Crippen MR) is 114 cm³/mol. The second-order valence-electron chi connectivity index (χ2n) is 7.35. The Bertz CT molecular complexity index is 1170. The Morgan fingerprint density at radius 3 is 2.52 bits per heavy atom. The molecule has 29 heavy (non-hydrogen) atoms. The zero-order valence-corrected chi connectivity index (χ0v) is 16.8. The number of ether oxygens (including phenoxy) is 1. The minimum absolute atomic E-state index is 0.233. The normalized spacial score (nSPS) is 11.6. The number of fused-ring (bicyclic) bond motifs is 3. The lowest BCUT2D eigenvalue weighted by molar-refractivity contribution is 0.101. The lowest BCUT2D eigenvalue weighted by Crippen LogP contribution is -2.18. The van der Waals surface area contributed by atoms with E-state index in [1.165, 1.54) is 12.1 Å². The Labute approximate surface area is 168 Å². The van der Waals surface area contributed by atoms with E-state index < -0.39 is 0 Å². The predicted octanol–water partition coefficient (Wildman–Crippen LogP) is 5.21. The third kappa shape index (κ3) is 3.40. The molecule has 2 aromatic heterocycles. The number of methoxy groups -OCH3 is 1. The molecule has 0 aliphatic rings. The van der Waals surface area contributed by atoms with Crippen LogP contribution in [0.5, 0.6) is 0 Å². The molecule has 1 N–H and O–H groups in total. The van der Waals surface area contributed by atoms with Gasteiger partial charge in [0.25, 0.3) is 5.91 Å². The molecule has 2 aromatic carbocycles. The zero-order valence-electron chi connectivity index (χ0n) is 16.8. The molecule has 0 aliphatic carbocycles. The van der Waals surface area contributed by atoms with Crippen molar-refractivity contribution in [2.75, 3.05) is 19.0 Å². The SMILES string of the molecule is COCCn1c(C(=O)Nc2ccc(F)cc2)cc2c1c1ccccc1n2C(C)C. The van der Waals surface area contributed by atoms with Crippen molar-refractivity contribution in [3.63, 3.8) is 0 Å². The molecule has 0 bridgehead atoms. The van der Waals surface area contributed by atoms with Crippen molar-refractivity contribution in [3.8, 4) is 0 Å². The van der Waals surface area contributed by atoms with Crippen LogP contribution in [-0.2, 0) is 11.3 Å². The van der Waals surface area contributed by atoms with E-state index in [1.807, 2.05) is 22.8 Å². The Morgan fingerprint density at radius 1 is 1.10 bits per heavy atom. The summed E-state index contributed by atoms with van der Waals surface area (Å²) in [4.78, 5) is 13.1. The number of anilines is 1. The summed E-state index contributed by atoms with van der Waals surface area (Å²) in [7, 11) is 1.65. The van der Waals surface area contributed by atoms with Crippen molar-refractivity contribution in [3.05, 3.63) is 66.1 Å². The number of amides is 1. The summed E-state index contributed by atoms with van der Waals surface area (Å²) in [6.45, 7) is 5.31. The molecule has 6 heteroatoms. The fraction of sp³-hybridized carbons (Fsp3) is 0.261. The van der Waals surface area contributed by atoms with E-state index in [9.17, 15) is 9.18 Å². The van der Waals surface area contributed by atoms with Gasteiger partial charge in [0.1, 0.15) is 11.5 Å². The van der Waals surface area contributed by atoms with Gasteiger partial charge in [-0.1, -0.05) is 18.2 Å². The number of rotatable bonds is 6. The van der Waals surface area contributed by atoms with Crippen LogP contribution in [0.1, 0.15) is 30.4 Å². The summed E-state index contributed by atoms with van der Waals surface area (Å²) in [5.74, 6) is -0.571. The second kappa shape index (κ2) is 7.72. The Hall–Kier alpha value is -3.12. The molecule has 0 atom stereocenters. The van der Waals surface area contributed by atoms with Crippen molar-refractivity contribution in [1.82, 2.24) is 9.13 Å². The van der Waals surface area contributed by atoms with E-state index in [1.54, 1.807) is 19.2 Å². The molecule has 0 fully saturated rings. The van der Waals surface area contributed by atoms with E-state index in [0.29, 0.717) is 24.5 Å². The molecule has 0 spiro atoms. The first-order valence-electron chi connectivity index (χ1n) is 9.69. The number of para-hydroxylation sites is 1. The molecule has 0 saturated carbocycles. The minimum Gasteiger partial charge on any atom is -0.383 e. The monoisotopic (exact) mass is 393 g/mol. The number of hydrogen-bond donors (Lipinski definition) is 1. The second-order valence-corrected chi connectivity index (χ2v) is 7.35. The van der Waals surface area contributed by atoms with E-state index in [0.717, 1.165) is 21.9 Å². The number of nitrogens with zero attached hydrogens (tertiary/aromatic N) is 2. The lowest BCUT2D eigenvalue weighted by atomic mass is 10.2. The average Bonchev–Trinajstić information content (AvgIpc) is 3.22. The quantitative estimate of drug-likeness (QED) is 0.489. The molecule has 1 amide bonds. The fourth-order valence-electron chi connectivity index (χ4n) is 3.90. The third-order valence-electron chi connectivity index (χ3n) is 5.13. The summed E-state index contributed by atoms with van der Waals surface area (Å²) >= 11 is 0. The van der Waals surface area contributed by atoms with E-state index in [-0.39, 0.29) is 17.8 Å². The average molecular weight is 393 g/mol. The van der Waals surface area contributed by atoms with Crippen LogP contribution in [-0.4, -0.2) is 28.8 Å². The highest BCUT2D eigenvalue weighted by Gasteiger charge is 2.22. The highest BCUT2D eigenvalue weighted by Crippen LogP contribution is 2.34. The highest BCUT2D eigenvalue weighted by molar-refractivity contribution is 6.12. The summed E-state index contributed by atoms with van der Waals surface area (Å²) in [5, 5.41) is 3.98. The standard InChI is InChI=1S/C23H24FN3O2/c1-15(2)27-19-7-5-4-6-18(19)22-20(27)14-21(26(22)12-13-29-3)23(28)25-17-10-8-16(24)9-11-17/h4-11,14-15H,12-13H2,1-3H3,(H,25,28). The van der Waals surface area contributed by atoms with Crippen molar-refractivity contribution < 1.29 is 13.9 Å². The highest BCUT2D eigenvalue weighted by atomic mass is 19.1. The van der Waals surface area contributed by atoms with E-state index in [4.69, 9.17) is 4.74 Å². The first-order valence-corrected chi connectivity index (χ1v) is 9.69. The van der Waals surface area contributed by atoms with Crippen molar-refractivity contribution in [2.45, 2.75) is 26.4 Å². The molecule has 4 aromatic rings. The van der Waals surface area contributed by atoms with Gasteiger partial charge in [-0.25, -0.2) is 4.39 Å². The van der Waals surface area contributed by atoms with Crippen LogP contribution in [0.25, 0.3) is 21.9 Å². The topological polar surface area (TPSA) is 48.2 Å². The summed E-state index contributed by atoms with van der Waals surface area (Å²) in [6.07, 6.45) is 0. The minimum atomic E-state index is -0.338. The fourth-order valence-corrected chi connectivity index (χ4v) is 3.90. The van der Waals surface area contributed by atoms with E-state index in [2.05, 4.69) is 35.9 Å². The van der Waals surface area contributed by atoms with Gasteiger partial charge in [-0.15, -0.1) is 0 Å². The van der Waals surface area contributed by atoms with Crippen LogP contribution in [0.15, 0.2) is 54.6 Å². The maximum Gasteiger partial charge on any atom is 0.272 e. The molecule has 5 nitrogen and oxygen atoms in total. The van der Waals surface area contributed by atoms with Gasteiger partial charge >= 0.3 is 0 Å². The largest absolute Gasteiger partial charge is 0.383 e. The van der Waals surface area contributed by atoms with Gasteiger partial charge in [-0.3, -0.25) is 4.79 Å². The number of carbonyl (C=O) groups excluding carboxylic acids is 1. The molecule has 0 radical (unpaired) electrons. The Balaban J connectivity index is 1.87. The molecule has 150 valence electrons. The number of nitrogens with one attached hydrogen (secondary N) is 1. The van der Waals surface area contributed by atoms with Crippen molar-refractivity contribution in [1.29, 1.82) is 0 Å². The first-order chi connectivity index (χ1) is 14.0. The van der Waals surface area contributed by atoms with Gasteiger partial charge in [0.05, 0.1) is 23.2 Å². The summed E-state index contributed by atoms with van der Waals surface area (Å²) in [5.41, 5.74) is 4.29. The molecule has 0 unspecified atom stereocenters. The molecule has 4 rings (SSSR count).